The summed E-state index contributed by atoms with van der Waals surface area (Å²) < 4.78 is 5.58. The van der Waals surface area contributed by atoms with Crippen molar-refractivity contribution < 1.29 is 4.42 Å². The van der Waals surface area contributed by atoms with Crippen molar-refractivity contribution in [3.63, 3.8) is 0 Å². The van der Waals surface area contributed by atoms with Crippen LogP contribution in [0, 0.1) is 0 Å². The summed E-state index contributed by atoms with van der Waals surface area (Å²) in [7, 11) is 1.78. The highest BCUT2D eigenvalue weighted by Gasteiger charge is 2.18. The molecule has 2 N–H and O–H groups in total. The molecular weight excluding hydrogens is 509 g/mol. The molecule has 0 fully saturated rings. The van der Waals surface area contributed by atoms with Crippen LogP contribution in [0.3, 0.4) is 0 Å². The molecular formula is C22H30IN5OS. The lowest BCUT2D eigenvalue weighted by Gasteiger charge is -2.30. The molecule has 1 atom stereocenters. The zero-order valence-electron chi connectivity index (χ0n) is 17.7. The Labute approximate surface area is 199 Å². The zero-order chi connectivity index (χ0) is 20.5. The van der Waals surface area contributed by atoms with E-state index in [1.54, 1.807) is 24.6 Å². The molecule has 0 radical (unpaired) electrons. The summed E-state index contributed by atoms with van der Waals surface area (Å²) in [5.74, 6) is 1.41. The highest BCUT2D eigenvalue weighted by atomic mass is 127. The molecule has 30 heavy (non-hydrogen) atoms. The van der Waals surface area contributed by atoms with Gasteiger partial charge in [-0.05, 0) is 30.1 Å². The van der Waals surface area contributed by atoms with Crippen LogP contribution in [0.4, 0.5) is 0 Å². The molecule has 0 aliphatic heterocycles. The Morgan fingerprint density at radius 3 is 2.53 bits per heavy atom. The quantitative estimate of drug-likeness (QED) is 0.233. The number of likely N-dealkylation sites (N-methyl/N-ethyl adjacent to an activating group) is 1. The Morgan fingerprint density at radius 2 is 1.90 bits per heavy atom. The number of nitrogens with one attached hydrogen (secondary N) is 2. The van der Waals surface area contributed by atoms with Crippen molar-refractivity contribution in [1.82, 2.24) is 20.5 Å². The number of rotatable bonds is 9. The van der Waals surface area contributed by atoms with Crippen LogP contribution in [0.5, 0.6) is 0 Å². The summed E-state index contributed by atoms with van der Waals surface area (Å²) in [4.78, 5) is 12.4. The Hall–Kier alpha value is -1.91. The molecule has 0 bridgehead atoms. The molecule has 1 aromatic carbocycles. The lowest BCUT2D eigenvalue weighted by molar-refractivity contribution is 0.219. The van der Waals surface area contributed by atoms with Gasteiger partial charge in [-0.25, -0.2) is 4.98 Å². The summed E-state index contributed by atoms with van der Waals surface area (Å²) >= 11 is 1.62. The molecule has 0 amide bonds. The van der Waals surface area contributed by atoms with Gasteiger partial charge in [-0.2, -0.15) is 0 Å². The van der Waals surface area contributed by atoms with Gasteiger partial charge in [0, 0.05) is 13.6 Å². The van der Waals surface area contributed by atoms with E-state index in [4.69, 9.17) is 4.42 Å². The van der Waals surface area contributed by atoms with Gasteiger partial charge in [-0.1, -0.05) is 50.2 Å². The average molecular weight is 539 g/mol. The van der Waals surface area contributed by atoms with Gasteiger partial charge in [0.05, 0.1) is 23.2 Å². The summed E-state index contributed by atoms with van der Waals surface area (Å²) in [6, 6.07) is 14.9. The van der Waals surface area contributed by atoms with Crippen LogP contribution in [0.25, 0.3) is 10.8 Å². The fourth-order valence-corrected chi connectivity index (χ4v) is 3.94. The maximum absolute atomic E-state index is 5.58. The molecule has 0 saturated carbocycles. The molecule has 0 spiro atoms. The lowest BCUT2D eigenvalue weighted by atomic mass is 10.1. The second kappa shape index (κ2) is 12.7. The Kier molecular flexibility index (Phi) is 10.3. The lowest BCUT2D eigenvalue weighted by Crippen LogP contribution is -2.43. The van der Waals surface area contributed by atoms with Crippen molar-refractivity contribution in [2.45, 2.75) is 26.4 Å². The van der Waals surface area contributed by atoms with E-state index < -0.39 is 0 Å². The van der Waals surface area contributed by atoms with Crippen LogP contribution < -0.4 is 10.6 Å². The monoisotopic (exact) mass is 539 g/mol. The predicted octanol–water partition coefficient (Wildman–Crippen LogP) is 4.77. The fraction of sp³-hybridized carbons (Fsp3) is 0.364. The van der Waals surface area contributed by atoms with E-state index in [1.807, 2.05) is 17.5 Å². The van der Waals surface area contributed by atoms with E-state index in [-0.39, 0.29) is 30.0 Å². The maximum Gasteiger partial charge on any atom is 0.236 e. The Morgan fingerprint density at radius 1 is 1.13 bits per heavy atom. The number of aromatic nitrogens is 1. The van der Waals surface area contributed by atoms with Gasteiger partial charge >= 0.3 is 0 Å². The smallest absolute Gasteiger partial charge is 0.236 e. The van der Waals surface area contributed by atoms with Crippen LogP contribution in [-0.4, -0.2) is 42.5 Å². The number of halogens is 1. The summed E-state index contributed by atoms with van der Waals surface area (Å²) in [6.45, 7) is 7.70. The minimum Gasteiger partial charge on any atom is -0.443 e. The predicted molar refractivity (Wildman–Crippen MR) is 136 cm³/mol. The Balaban J connectivity index is 0.00000320. The van der Waals surface area contributed by atoms with Crippen LogP contribution in [0.2, 0.25) is 0 Å². The first-order valence-corrected chi connectivity index (χ1v) is 10.8. The topological polar surface area (TPSA) is 65.7 Å². The molecule has 0 aliphatic rings. The van der Waals surface area contributed by atoms with E-state index >= 15 is 0 Å². The third-order valence-corrected chi connectivity index (χ3v) is 5.70. The van der Waals surface area contributed by atoms with Crippen molar-refractivity contribution in [1.29, 1.82) is 0 Å². The zero-order valence-corrected chi connectivity index (χ0v) is 20.8. The molecule has 3 aromatic rings. The molecule has 3 rings (SSSR count). The number of benzene rings is 1. The fourth-order valence-electron chi connectivity index (χ4n) is 3.29. The number of nitrogens with zero attached hydrogens (tertiary/aromatic N) is 3. The normalized spacial score (nSPS) is 12.5. The third-order valence-electron chi connectivity index (χ3n) is 4.84. The second-order valence-corrected chi connectivity index (χ2v) is 7.52. The second-order valence-electron chi connectivity index (χ2n) is 6.58. The van der Waals surface area contributed by atoms with Crippen molar-refractivity contribution in [2.24, 2.45) is 4.99 Å². The third kappa shape index (κ3) is 6.55. The number of hydrogen-bond acceptors (Lipinski definition) is 5. The molecule has 6 nitrogen and oxygen atoms in total. The SMILES string of the molecule is CCN(CC)C(CNC(=NC)NCc1coc(-c2cccs2)n1)c1ccccc1.I. The molecule has 1 unspecified atom stereocenters. The first-order chi connectivity index (χ1) is 14.2. The minimum atomic E-state index is 0. The maximum atomic E-state index is 5.58. The highest BCUT2D eigenvalue weighted by molar-refractivity contribution is 14.0. The molecule has 2 aromatic heterocycles. The minimum absolute atomic E-state index is 0. The van der Waals surface area contributed by atoms with Gasteiger partial charge < -0.3 is 15.1 Å². The summed E-state index contributed by atoms with van der Waals surface area (Å²) in [5.41, 5.74) is 2.15. The van der Waals surface area contributed by atoms with E-state index in [0.717, 1.165) is 36.2 Å². The van der Waals surface area contributed by atoms with Gasteiger partial charge in [-0.15, -0.1) is 35.3 Å². The highest BCUT2D eigenvalue weighted by Crippen LogP contribution is 2.23. The number of guanidine groups is 1. The van der Waals surface area contributed by atoms with Gasteiger partial charge in [0.1, 0.15) is 6.26 Å². The molecule has 0 saturated heterocycles. The van der Waals surface area contributed by atoms with E-state index in [1.165, 1.54) is 5.56 Å². The summed E-state index contributed by atoms with van der Waals surface area (Å²) in [6.07, 6.45) is 1.69. The average Bonchev–Trinajstić information content (AvgIpc) is 3.45. The standard InChI is InChI=1S/C22H29N5OS.HI/c1-4-27(5-2)19(17-10-7-6-8-11-17)15-25-22(23-3)24-14-18-16-28-21(26-18)20-12-9-13-29-20;/h6-13,16,19H,4-5,14-15H2,1-3H3,(H2,23,24,25);1H. The van der Waals surface area contributed by atoms with Crippen LogP contribution in [0.1, 0.15) is 31.1 Å². The summed E-state index contributed by atoms with van der Waals surface area (Å²) in [5, 5.41) is 8.81. The van der Waals surface area contributed by atoms with Gasteiger partial charge in [-0.3, -0.25) is 9.89 Å². The Bertz CT molecular complexity index is 878. The van der Waals surface area contributed by atoms with Crippen molar-refractivity contribution in [3.8, 4) is 10.8 Å². The number of hydrogen-bond donors (Lipinski definition) is 2. The van der Waals surface area contributed by atoms with Crippen LogP contribution in [-0.2, 0) is 6.54 Å². The van der Waals surface area contributed by atoms with Crippen molar-refractivity contribution >= 4 is 41.3 Å². The van der Waals surface area contributed by atoms with Gasteiger partial charge in [0.2, 0.25) is 5.89 Å². The van der Waals surface area contributed by atoms with Crippen molar-refractivity contribution in [2.75, 3.05) is 26.7 Å². The number of aliphatic imine (C=N–C) groups is 1. The molecule has 8 heteroatoms. The first-order valence-electron chi connectivity index (χ1n) is 9.96. The van der Waals surface area contributed by atoms with Gasteiger partial charge in [0.15, 0.2) is 5.96 Å². The number of thiophene rings is 1. The van der Waals surface area contributed by atoms with Gasteiger partial charge in [0.25, 0.3) is 0 Å². The van der Waals surface area contributed by atoms with E-state index in [2.05, 4.69) is 69.7 Å². The number of oxazole rings is 1. The molecule has 2 heterocycles. The van der Waals surface area contributed by atoms with E-state index in [0.29, 0.717) is 12.4 Å². The van der Waals surface area contributed by atoms with Crippen LogP contribution >= 0.6 is 35.3 Å². The molecule has 162 valence electrons. The van der Waals surface area contributed by atoms with E-state index in [9.17, 15) is 0 Å². The first kappa shape index (κ1) is 24.4. The van der Waals surface area contributed by atoms with Crippen LogP contribution in [0.15, 0.2) is 63.5 Å². The largest absolute Gasteiger partial charge is 0.443 e. The van der Waals surface area contributed by atoms with Crippen molar-refractivity contribution in [3.05, 3.63) is 65.4 Å². The molecule has 0 aliphatic carbocycles.